The molecular formula is C16H14N4S2. The zero-order valence-electron chi connectivity index (χ0n) is 12.5. The molecule has 0 unspecified atom stereocenters. The van der Waals surface area contributed by atoms with Gasteiger partial charge in [0.25, 0.3) is 0 Å². The molecule has 0 amide bonds. The predicted molar refractivity (Wildman–Crippen MR) is 91.3 cm³/mol. The van der Waals surface area contributed by atoms with Crippen LogP contribution in [0.2, 0.25) is 0 Å². The van der Waals surface area contributed by atoms with E-state index >= 15 is 0 Å². The van der Waals surface area contributed by atoms with Crippen LogP contribution < -0.4 is 0 Å². The van der Waals surface area contributed by atoms with Crippen LogP contribution in [0.3, 0.4) is 0 Å². The van der Waals surface area contributed by atoms with Gasteiger partial charge in [-0.1, -0.05) is 0 Å². The zero-order valence-corrected chi connectivity index (χ0v) is 14.1. The average Bonchev–Trinajstić information content (AvgIpc) is 3.19. The van der Waals surface area contributed by atoms with Gasteiger partial charge in [0.2, 0.25) is 0 Å². The third kappa shape index (κ3) is 2.61. The van der Waals surface area contributed by atoms with E-state index in [0.717, 1.165) is 32.8 Å². The third-order valence-corrected chi connectivity index (χ3v) is 5.10. The van der Waals surface area contributed by atoms with Crippen LogP contribution in [0.5, 0.6) is 0 Å². The molecule has 4 nitrogen and oxygen atoms in total. The lowest BCUT2D eigenvalue weighted by molar-refractivity contribution is 0.949. The summed E-state index contributed by atoms with van der Waals surface area (Å²) in [4.78, 5) is 8.77. The number of thiazole rings is 2. The van der Waals surface area contributed by atoms with Gasteiger partial charge in [0.15, 0.2) is 5.13 Å². The van der Waals surface area contributed by atoms with Gasteiger partial charge in [-0.05, 0) is 38.5 Å². The minimum absolute atomic E-state index is 0.595. The van der Waals surface area contributed by atoms with Gasteiger partial charge in [0, 0.05) is 34.0 Å². The van der Waals surface area contributed by atoms with Crippen LogP contribution in [0, 0.1) is 32.1 Å². The Balaban J connectivity index is 2.08. The molecule has 0 aliphatic heterocycles. The average molecular weight is 326 g/mol. The third-order valence-electron chi connectivity index (χ3n) is 3.35. The summed E-state index contributed by atoms with van der Waals surface area (Å²) in [5.74, 6) is 0. The summed E-state index contributed by atoms with van der Waals surface area (Å²) in [5, 5.41) is 15.1. The molecular weight excluding hydrogens is 312 g/mol. The van der Waals surface area contributed by atoms with Crippen molar-refractivity contribution >= 4 is 34.3 Å². The van der Waals surface area contributed by atoms with E-state index in [1.54, 1.807) is 17.5 Å². The zero-order chi connectivity index (χ0) is 15.7. The van der Waals surface area contributed by atoms with E-state index in [9.17, 15) is 5.26 Å². The first-order chi connectivity index (χ1) is 10.6. The van der Waals surface area contributed by atoms with E-state index in [0.29, 0.717) is 5.57 Å². The van der Waals surface area contributed by atoms with Gasteiger partial charge in [0.1, 0.15) is 11.1 Å². The second-order valence-corrected chi connectivity index (χ2v) is 6.67. The number of hydrogen-bond acceptors (Lipinski definition) is 5. The lowest BCUT2D eigenvalue weighted by atomic mass is 10.1. The van der Waals surface area contributed by atoms with Crippen molar-refractivity contribution in [3.05, 3.63) is 50.7 Å². The molecule has 0 N–H and O–H groups in total. The highest BCUT2D eigenvalue weighted by Gasteiger charge is 2.13. The molecule has 3 aromatic rings. The minimum atomic E-state index is 0.595. The Morgan fingerprint density at radius 3 is 2.73 bits per heavy atom. The molecule has 3 aromatic heterocycles. The summed E-state index contributed by atoms with van der Waals surface area (Å²) in [6.07, 6.45) is 3.71. The quantitative estimate of drug-likeness (QED) is 0.671. The van der Waals surface area contributed by atoms with Gasteiger partial charge in [0.05, 0.1) is 5.57 Å². The number of rotatable bonds is 3. The van der Waals surface area contributed by atoms with Crippen molar-refractivity contribution in [1.29, 1.82) is 5.26 Å². The van der Waals surface area contributed by atoms with E-state index in [-0.39, 0.29) is 0 Å². The Morgan fingerprint density at radius 1 is 1.32 bits per heavy atom. The van der Waals surface area contributed by atoms with Gasteiger partial charge < -0.3 is 0 Å². The lowest BCUT2D eigenvalue weighted by Crippen LogP contribution is -1.97. The normalized spacial score (nSPS) is 11.6. The maximum Gasteiger partial charge on any atom is 0.193 e. The van der Waals surface area contributed by atoms with Crippen LogP contribution in [0.1, 0.15) is 27.7 Å². The first-order valence-corrected chi connectivity index (χ1v) is 8.49. The van der Waals surface area contributed by atoms with Crippen LogP contribution >= 0.6 is 22.7 Å². The standard InChI is InChI=1S/C16H14N4S2/c1-10-9-22-15(19-10)14(8-17)7-13-6-11(2)20(12(13)3)16-18-4-5-21-16/h4-7,9H,1-3H3/b14-7+. The summed E-state index contributed by atoms with van der Waals surface area (Å²) in [6, 6.07) is 4.34. The number of aryl methyl sites for hydroxylation is 2. The summed E-state index contributed by atoms with van der Waals surface area (Å²) < 4.78 is 2.11. The summed E-state index contributed by atoms with van der Waals surface area (Å²) in [6.45, 7) is 6.02. The summed E-state index contributed by atoms with van der Waals surface area (Å²) >= 11 is 3.10. The second-order valence-electron chi connectivity index (χ2n) is 4.94. The van der Waals surface area contributed by atoms with Gasteiger partial charge in [-0.2, -0.15) is 5.26 Å². The van der Waals surface area contributed by atoms with Crippen LogP contribution in [0.4, 0.5) is 0 Å². The Kier molecular flexibility index (Phi) is 3.92. The van der Waals surface area contributed by atoms with Crippen LogP contribution in [0.15, 0.2) is 23.0 Å². The van der Waals surface area contributed by atoms with Crippen molar-refractivity contribution in [1.82, 2.24) is 14.5 Å². The van der Waals surface area contributed by atoms with Gasteiger partial charge in [-0.15, -0.1) is 22.7 Å². The maximum atomic E-state index is 9.43. The number of hydrogen-bond donors (Lipinski definition) is 0. The van der Waals surface area contributed by atoms with Crippen molar-refractivity contribution in [2.45, 2.75) is 20.8 Å². The van der Waals surface area contributed by atoms with Crippen molar-refractivity contribution < 1.29 is 0 Å². The fourth-order valence-corrected chi connectivity index (χ4v) is 3.84. The highest BCUT2D eigenvalue weighted by Crippen LogP contribution is 2.27. The second kappa shape index (κ2) is 5.87. The first-order valence-electron chi connectivity index (χ1n) is 6.73. The molecule has 0 aliphatic rings. The Hall–Kier alpha value is -2.23. The summed E-state index contributed by atoms with van der Waals surface area (Å²) in [7, 11) is 0. The van der Waals surface area contributed by atoms with Crippen molar-refractivity contribution in [3.8, 4) is 11.2 Å². The molecule has 0 aromatic carbocycles. The molecule has 22 heavy (non-hydrogen) atoms. The fraction of sp³-hybridized carbons (Fsp3) is 0.188. The topological polar surface area (TPSA) is 54.5 Å². The predicted octanol–water partition coefficient (Wildman–Crippen LogP) is 4.38. The maximum absolute atomic E-state index is 9.43. The van der Waals surface area contributed by atoms with Crippen molar-refractivity contribution in [2.24, 2.45) is 0 Å². The van der Waals surface area contributed by atoms with Crippen LogP contribution in [0.25, 0.3) is 16.8 Å². The molecule has 110 valence electrons. The first kappa shape index (κ1) is 14.7. The van der Waals surface area contributed by atoms with Crippen molar-refractivity contribution in [3.63, 3.8) is 0 Å². The van der Waals surface area contributed by atoms with Crippen molar-refractivity contribution in [2.75, 3.05) is 0 Å². The molecule has 0 saturated heterocycles. The van der Waals surface area contributed by atoms with E-state index in [4.69, 9.17) is 0 Å². The van der Waals surface area contributed by atoms with Gasteiger partial charge in [-0.3, -0.25) is 4.57 Å². The van der Waals surface area contributed by atoms with E-state index in [1.807, 2.05) is 37.6 Å². The largest absolute Gasteiger partial charge is 0.294 e. The van der Waals surface area contributed by atoms with E-state index in [2.05, 4.69) is 26.7 Å². The van der Waals surface area contributed by atoms with E-state index < -0.39 is 0 Å². The molecule has 0 spiro atoms. The number of nitrogens with zero attached hydrogens (tertiary/aromatic N) is 4. The molecule has 0 fully saturated rings. The molecule has 3 rings (SSSR count). The number of aromatic nitrogens is 3. The number of allylic oxidation sites excluding steroid dienone is 1. The number of nitriles is 1. The molecule has 3 heterocycles. The summed E-state index contributed by atoms with van der Waals surface area (Å²) in [5.41, 5.74) is 4.74. The Bertz CT molecular complexity index is 876. The Morgan fingerprint density at radius 2 is 2.14 bits per heavy atom. The molecule has 0 atom stereocenters. The monoisotopic (exact) mass is 326 g/mol. The highest BCUT2D eigenvalue weighted by atomic mass is 32.1. The molecule has 6 heteroatoms. The van der Waals surface area contributed by atoms with Crippen LogP contribution in [-0.2, 0) is 0 Å². The molecule has 0 saturated carbocycles. The lowest BCUT2D eigenvalue weighted by Gasteiger charge is -2.04. The van der Waals surface area contributed by atoms with Gasteiger partial charge >= 0.3 is 0 Å². The molecule has 0 bridgehead atoms. The smallest absolute Gasteiger partial charge is 0.193 e. The SMILES string of the molecule is Cc1csc(/C(C#N)=C/c2cc(C)n(-c3nccs3)c2C)n1. The van der Waals surface area contributed by atoms with Gasteiger partial charge in [-0.25, -0.2) is 9.97 Å². The molecule has 0 radical (unpaired) electrons. The highest BCUT2D eigenvalue weighted by molar-refractivity contribution is 7.12. The molecule has 0 aliphatic carbocycles. The van der Waals surface area contributed by atoms with E-state index in [1.165, 1.54) is 11.3 Å². The fourth-order valence-electron chi connectivity index (χ4n) is 2.33. The van der Waals surface area contributed by atoms with Crippen LogP contribution in [-0.4, -0.2) is 14.5 Å². The minimum Gasteiger partial charge on any atom is -0.294 e. The Labute approximate surface area is 137 Å².